The Bertz CT molecular complexity index is 695. The molecular weight excluding hydrogens is 316 g/mol. The van der Waals surface area contributed by atoms with Crippen LogP contribution < -0.4 is 5.32 Å². The second kappa shape index (κ2) is 7.85. The van der Waals surface area contributed by atoms with E-state index in [-0.39, 0.29) is 5.91 Å². The minimum absolute atomic E-state index is 0.280. The van der Waals surface area contributed by atoms with Crippen LogP contribution in [0.2, 0.25) is 0 Å². The van der Waals surface area contributed by atoms with Gasteiger partial charge in [0, 0.05) is 12.7 Å². The van der Waals surface area contributed by atoms with Crippen LogP contribution in [0.3, 0.4) is 0 Å². The summed E-state index contributed by atoms with van der Waals surface area (Å²) in [5, 5.41) is 3.07. The van der Waals surface area contributed by atoms with Crippen molar-refractivity contribution in [2.75, 3.05) is 19.0 Å². The molecule has 1 N–H and O–H groups in total. The topological polar surface area (TPSA) is 77.5 Å². The van der Waals surface area contributed by atoms with E-state index in [9.17, 15) is 9.59 Å². The molecule has 1 amide bonds. The number of nitrogens with one attached hydrogen (secondary N) is 1. The van der Waals surface area contributed by atoms with Gasteiger partial charge in [0.15, 0.2) is 5.13 Å². The minimum atomic E-state index is -0.424. The van der Waals surface area contributed by atoms with Gasteiger partial charge in [-0.05, 0) is 31.5 Å². The Morgan fingerprint density at radius 2 is 1.96 bits per heavy atom. The van der Waals surface area contributed by atoms with E-state index >= 15 is 0 Å². The lowest BCUT2D eigenvalue weighted by atomic mass is 10.1. The highest BCUT2D eigenvalue weighted by Gasteiger charge is 2.17. The lowest BCUT2D eigenvalue weighted by Crippen LogP contribution is -2.11. The zero-order chi connectivity index (χ0) is 16.8. The Balaban J connectivity index is 2.08. The number of ether oxygens (including phenoxy) is 2. The number of carbonyl (C=O) groups excluding carboxylic acids is 2. The molecule has 122 valence electrons. The number of nitrogens with zero attached hydrogens (tertiary/aromatic N) is 1. The standard InChI is InChI=1S/C16H18N2O4S/c1-4-22-15(20)13-10(2)17-16(23-13)18-14(19)12-7-5-11(6-8-12)9-21-3/h5-8H,4,9H2,1-3H3,(H,17,18,19). The first-order chi connectivity index (χ1) is 11.0. The van der Waals surface area contributed by atoms with Gasteiger partial charge in [-0.2, -0.15) is 0 Å². The van der Waals surface area contributed by atoms with Crippen molar-refractivity contribution in [3.8, 4) is 0 Å². The van der Waals surface area contributed by atoms with Crippen molar-refractivity contribution in [3.63, 3.8) is 0 Å². The zero-order valence-electron chi connectivity index (χ0n) is 13.2. The lowest BCUT2D eigenvalue weighted by Gasteiger charge is -2.03. The third kappa shape index (κ3) is 4.37. The molecule has 0 fully saturated rings. The summed E-state index contributed by atoms with van der Waals surface area (Å²) in [4.78, 5) is 28.6. The normalized spacial score (nSPS) is 10.4. The fraction of sp³-hybridized carbons (Fsp3) is 0.312. The van der Waals surface area contributed by atoms with Crippen molar-refractivity contribution < 1.29 is 19.1 Å². The number of rotatable bonds is 6. The predicted molar refractivity (Wildman–Crippen MR) is 87.9 cm³/mol. The van der Waals surface area contributed by atoms with E-state index in [1.165, 1.54) is 0 Å². The average molecular weight is 334 g/mol. The van der Waals surface area contributed by atoms with E-state index in [2.05, 4.69) is 10.3 Å². The van der Waals surface area contributed by atoms with E-state index in [1.807, 2.05) is 12.1 Å². The van der Waals surface area contributed by atoms with Crippen LogP contribution >= 0.6 is 11.3 Å². The zero-order valence-corrected chi connectivity index (χ0v) is 14.0. The van der Waals surface area contributed by atoms with Crippen molar-refractivity contribution in [1.82, 2.24) is 4.98 Å². The Hall–Kier alpha value is -2.25. The van der Waals surface area contributed by atoms with Gasteiger partial charge >= 0.3 is 5.97 Å². The highest BCUT2D eigenvalue weighted by atomic mass is 32.1. The maximum atomic E-state index is 12.2. The number of esters is 1. The second-order valence-corrected chi connectivity index (χ2v) is 5.74. The van der Waals surface area contributed by atoms with Crippen LogP contribution in [0.1, 0.15) is 38.2 Å². The van der Waals surface area contributed by atoms with E-state index in [0.717, 1.165) is 16.9 Å². The Kier molecular flexibility index (Phi) is 5.84. The second-order valence-electron chi connectivity index (χ2n) is 4.74. The van der Waals surface area contributed by atoms with E-state index < -0.39 is 5.97 Å². The first kappa shape index (κ1) is 17.1. The molecule has 1 heterocycles. The van der Waals surface area contributed by atoms with Gasteiger partial charge in [-0.1, -0.05) is 23.5 Å². The maximum absolute atomic E-state index is 12.2. The predicted octanol–water partition coefficient (Wildman–Crippen LogP) is 3.03. The third-order valence-electron chi connectivity index (χ3n) is 3.01. The van der Waals surface area contributed by atoms with Crippen LogP contribution in [-0.2, 0) is 16.1 Å². The summed E-state index contributed by atoms with van der Waals surface area (Å²) in [6, 6.07) is 7.10. The summed E-state index contributed by atoms with van der Waals surface area (Å²) in [6.45, 7) is 4.24. The van der Waals surface area contributed by atoms with Gasteiger partial charge in [-0.3, -0.25) is 10.1 Å². The SMILES string of the molecule is CCOC(=O)c1sc(NC(=O)c2ccc(COC)cc2)nc1C. The molecule has 0 saturated heterocycles. The van der Waals surface area contributed by atoms with Crippen LogP contribution in [0.4, 0.5) is 5.13 Å². The number of aromatic nitrogens is 1. The molecule has 0 aliphatic rings. The van der Waals surface area contributed by atoms with E-state index in [0.29, 0.717) is 34.5 Å². The summed E-state index contributed by atoms with van der Waals surface area (Å²) in [7, 11) is 1.62. The highest BCUT2D eigenvalue weighted by Crippen LogP contribution is 2.24. The number of hydrogen-bond donors (Lipinski definition) is 1. The summed E-state index contributed by atoms with van der Waals surface area (Å²) < 4.78 is 9.98. The Morgan fingerprint density at radius 3 is 2.57 bits per heavy atom. The molecule has 0 aliphatic carbocycles. The molecule has 23 heavy (non-hydrogen) atoms. The van der Waals surface area contributed by atoms with Crippen LogP contribution in [0.15, 0.2) is 24.3 Å². The largest absolute Gasteiger partial charge is 0.462 e. The molecule has 6 nitrogen and oxygen atoms in total. The summed E-state index contributed by atoms with van der Waals surface area (Å²) in [5.74, 6) is -0.704. The molecule has 0 bridgehead atoms. The highest BCUT2D eigenvalue weighted by molar-refractivity contribution is 7.17. The fourth-order valence-electron chi connectivity index (χ4n) is 1.92. The van der Waals surface area contributed by atoms with Crippen molar-refractivity contribution >= 4 is 28.3 Å². The molecule has 1 aromatic heterocycles. The van der Waals surface area contributed by atoms with Crippen LogP contribution in [0.5, 0.6) is 0 Å². The molecule has 0 atom stereocenters. The van der Waals surface area contributed by atoms with Gasteiger partial charge in [0.1, 0.15) is 4.88 Å². The molecule has 2 aromatic rings. The summed E-state index contributed by atoms with van der Waals surface area (Å²) in [5.41, 5.74) is 2.04. The van der Waals surface area contributed by atoms with Gasteiger partial charge in [0.25, 0.3) is 5.91 Å². The molecule has 0 radical (unpaired) electrons. The molecule has 0 aliphatic heterocycles. The molecule has 1 aromatic carbocycles. The Morgan fingerprint density at radius 1 is 1.26 bits per heavy atom. The average Bonchev–Trinajstić information content (AvgIpc) is 2.89. The number of anilines is 1. The lowest BCUT2D eigenvalue weighted by molar-refractivity contribution is 0.0531. The van der Waals surface area contributed by atoms with Gasteiger partial charge in [0.05, 0.1) is 18.9 Å². The van der Waals surface area contributed by atoms with Crippen LogP contribution in [0.25, 0.3) is 0 Å². The molecule has 2 rings (SSSR count). The van der Waals surface area contributed by atoms with Crippen molar-refractivity contribution in [2.24, 2.45) is 0 Å². The van der Waals surface area contributed by atoms with Crippen LogP contribution in [0, 0.1) is 6.92 Å². The summed E-state index contributed by atoms with van der Waals surface area (Å²) in [6.07, 6.45) is 0. The molecular formula is C16H18N2O4S. The monoisotopic (exact) mass is 334 g/mol. The number of methoxy groups -OCH3 is 1. The first-order valence-corrected chi connectivity index (χ1v) is 7.90. The number of hydrogen-bond acceptors (Lipinski definition) is 6. The fourth-order valence-corrected chi connectivity index (χ4v) is 2.78. The number of benzene rings is 1. The van der Waals surface area contributed by atoms with Gasteiger partial charge < -0.3 is 9.47 Å². The van der Waals surface area contributed by atoms with Gasteiger partial charge in [0.2, 0.25) is 0 Å². The molecule has 7 heteroatoms. The van der Waals surface area contributed by atoms with Crippen molar-refractivity contribution in [2.45, 2.75) is 20.5 Å². The smallest absolute Gasteiger partial charge is 0.350 e. The van der Waals surface area contributed by atoms with Gasteiger partial charge in [-0.15, -0.1) is 0 Å². The van der Waals surface area contributed by atoms with Crippen molar-refractivity contribution in [1.29, 1.82) is 0 Å². The van der Waals surface area contributed by atoms with Crippen molar-refractivity contribution in [3.05, 3.63) is 46.0 Å². The number of aryl methyl sites for hydroxylation is 1. The number of amides is 1. The quantitative estimate of drug-likeness (QED) is 0.822. The molecule has 0 unspecified atom stereocenters. The minimum Gasteiger partial charge on any atom is -0.462 e. The first-order valence-electron chi connectivity index (χ1n) is 7.09. The Labute approximate surface area is 138 Å². The van der Waals surface area contributed by atoms with Crippen LogP contribution in [-0.4, -0.2) is 30.6 Å². The summed E-state index contributed by atoms with van der Waals surface area (Å²) >= 11 is 1.10. The number of thiazole rings is 1. The maximum Gasteiger partial charge on any atom is 0.350 e. The third-order valence-corrected chi connectivity index (χ3v) is 4.06. The van der Waals surface area contributed by atoms with E-state index in [1.54, 1.807) is 33.1 Å². The molecule has 0 saturated carbocycles. The number of carbonyl (C=O) groups is 2. The van der Waals surface area contributed by atoms with E-state index in [4.69, 9.17) is 9.47 Å². The van der Waals surface area contributed by atoms with Gasteiger partial charge in [-0.25, -0.2) is 9.78 Å². The molecule has 0 spiro atoms.